The molecule has 3 aromatic carbocycles. The molecule has 6 heteroatoms. The van der Waals surface area contributed by atoms with Crippen LogP contribution in [0.5, 0.6) is 11.5 Å². The first-order valence-corrected chi connectivity index (χ1v) is 12.8. The summed E-state index contributed by atoms with van der Waals surface area (Å²) in [6.07, 6.45) is 4.89. The van der Waals surface area contributed by atoms with Crippen LogP contribution in [0.1, 0.15) is 75.3 Å². The molecule has 0 bridgehead atoms. The molecule has 0 spiro atoms. The fourth-order valence-corrected chi connectivity index (χ4v) is 4.99. The fourth-order valence-electron chi connectivity index (χ4n) is 4.99. The van der Waals surface area contributed by atoms with Gasteiger partial charge in [0, 0.05) is 5.56 Å². The normalized spacial score (nSPS) is 17.7. The van der Waals surface area contributed by atoms with Crippen molar-refractivity contribution in [3.8, 4) is 22.6 Å². The highest BCUT2D eigenvalue weighted by Crippen LogP contribution is 2.42. The van der Waals surface area contributed by atoms with E-state index in [0.717, 1.165) is 44.1 Å². The Hall–Kier alpha value is -3.02. The molecule has 0 aromatic heterocycles. The summed E-state index contributed by atoms with van der Waals surface area (Å²) >= 11 is 0. The molecule has 0 amide bonds. The van der Waals surface area contributed by atoms with Crippen molar-refractivity contribution < 1.29 is 27.0 Å². The molecule has 1 aliphatic carbocycles. The van der Waals surface area contributed by atoms with Crippen LogP contribution in [0.4, 0.5) is 17.6 Å². The van der Waals surface area contributed by atoms with Crippen molar-refractivity contribution in [2.24, 2.45) is 0 Å². The minimum Gasteiger partial charge on any atom is -0.491 e. The Morgan fingerprint density at radius 1 is 0.667 bits per heavy atom. The Morgan fingerprint density at radius 3 is 1.94 bits per heavy atom. The molecule has 0 unspecified atom stereocenters. The van der Waals surface area contributed by atoms with Crippen LogP contribution in [0.3, 0.4) is 0 Å². The second-order valence-corrected chi connectivity index (χ2v) is 9.33. The van der Waals surface area contributed by atoms with Gasteiger partial charge in [-0.25, -0.2) is 8.78 Å². The number of rotatable bonds is 9. The highest BCUT2D eigenvalue weighted by atomic mass is 19.2. The fraction of sp³-hybridized carbons (Fsp3) is 0.400. The number of hydrogen-bond donors (Lipinski definition) is 0. The van der Waals surface area contributed by atoms with Crippen LogP contribution in [0.2, 0.25) is 0 Å². The van der Waals surface area contributed by atoms with Crippen molar-refractivity contribution in [1.82, 2.24) is 0 Å². The molecule has 192 valence electrons. The van der Waals surface area contributed by atoms with Crippen LogP contribution in [0, 0.1) is 23.3 Å². The SMILES string of the molecule is CCCCOc1ccc(C2CCC(c3ccc(-c4ccc(OCC)c(F)c4F)cc3)CC2)c(F)c1F. The van der Waals surface area contributed by atoms with Gasteiger partial charge in [-0.1, -0.05) is 43.7 Å². The molecule has 0 aliphatic heterocycles. The summed E-state index contributed by atoms with van der Waals surface area (Å²) in [6.45, 7) is 4.35. The van der Waals surface area contributed by atoms with E-state index in [1.807, 2.05) is 19.1 Å². The van der Waals surface area contributed by atoms with E-state index >= 15 is 0 Å². The van der Waals surface area contributed by atoms with Gasteiger partial charge in [0.1, 0.15) is 0 Å². The van der Waals surface area contributed by atoms with Crippen molar-refractivity contribution in [2.45, 2.75) is 64.2 Å². The minimum atomic E-state index is -0.985. The lowest BCUT2D eigenvalue weighted by Crippen LogP contribution is -2.14. The molecule has 2 nitrogen and oxygen atoms in total. The summed E-state index contributed by atoms with van der Waals surface area (Å²) in [7, 11) is 0. The number of ether oxygens (including phenoxy) is 2. The van der Waals surface area contributed by atoms with E-state index in [0.29, 0.717) is 17.7 Å². The lowest BCUT2D eigenvalue weighted by atomic mass is 9.76. The molecular formula is C30H32F4O2. The van der Waals surface area contributed by atoms with Gasteiger partial charge in [0.15, 0.2) is 23.1 Å². The van der Waals surface area contributed by atoms with E-state index in [-0.39, 0.29) is 35.5 Å². The average molecular weight is 501 g/mol. The van der Waals surface area contributed by atoms with Crippen LogP contribution in [0.15, 0.2) is 48.5 Å². The predicted octanol–water partition coefficient (Wildman–Crippen LogP) is 8.93. The summed E-state index contributed by atoms with van der Waals surface area (Å²) in [6, 6.07) is 13.6. The third-order valence-electron chi connectivity index (χ3n) is 7.04. The maximum absolute atomic E-state index is 14.8. The van der Waals surface area contributed by atoms with Gasteiger partial charge in [-0.3, -0.25) is 0 Å². The van der Waals surface area contributed by atoms with Crippen LogP contribution in [0.25, 0.3) is 11.1 Å². The summed E-state index contributed by atoms with van der Waals surface area (Å²) in [5, 5.41) is 0. The van der Waals surface area contributed by atoms with Crippen LogP contribution < -0.4 is 9.47 Å². The van der Waals surface area contributed by atoms with Gasteiger partial charge in [-0.05, 0) is 85.8 Å². The quantitative estimate of drug-likeness (QED) is 0.216. The third kappa shape index (κ3) is 5.53. The number of benzene rings is 3. The Bertz CT molecular complexity index is 1170. The molecule has 3 aromatic rings. The lowest BCUT2D eigenvalue weighted by molar-refractivity contribution is 0.286. The minimum absolute atomic E-state index is 0.0256. The van der Waals surface area contributed by atoms with Gasteiger partial charge in [-0.15, -0.1) is 0 Å². The van der Waals surface area contributed by atoms with Crippen molar-refractivity contribution in [1.29, 1.82) is 0 Å². The van der Waals surface area contributed by atoms with E-state index in [2.05, 4.69) is 0 Å². The zero-order valence-electron chi connectivity index (χ0n) is 20.8. The summed E-state index contributed by atoms with van der Waals surface area (Å²) < 4.78 is 68.7. The number of halogens is 4. The molecular weight excluding hydrogens is 468 g/mol. The van der Waals surface area contributed by atoms with Crippen molar-refractivity contribution in [3.05, 3.63) is 82.9 Å². The highest BCUT2D eigenvalue weighted by molar-refractivity contribution is 5.65. The second kappa shape index (κ2) is 11.8. The Kier molecular flexibility index (Phi) is 8.55. The molecule has 1 aliphatic rings. The van der Waals surface area contributed by atoms with Gasteiger partial charge < -0.3 is 9.47 Å². The first-order chi connectivity index (χ1) is 17.4. The Labute approximate surface area is 210 Å². The summed E-state index contributed by atoms with van der Waals surface area (Å²) in [5.41, 5.74) is 2.30. The maximum Gasteiger partial charge on any atom is 0.201 e. The van der Waals surface area contributed by atoms with Crippen molar-refractivity contribution in [2.75, 3.05) is 13.2 Å². The summed E-state index contributed by atoms with van der Waals surface area (Å²) in [4.78, 5) is 0. The van der Waals surface area contributed by atoms with Crippen LogP contribution >= 0.6 is 0 Å². The zero-order valence-corrected chi connectivity index (χ0v) is 20.8. The Morgan fingerprint density at radius 2 is 1.28 bits per heavy atom. The smallest absolute Gasteiger partial charge is 0.201 e. The van der Waals surface area contributed by atoms with Crippen molar-refractivity contribution in [3.63, 3.8) is 0 Å². The molecule has 0 atom stereocenters. The molecule has 0 heterocycles. The first kappa shape index (κ1) is 26.1. The monoisotopic (exact) mass is 500 g/mol. The first-order valence-electron chi connectivity index (χ1n) is 12.8. The standard InChI is InChI=1S/C30H32F4O2/c1-3-5-18-36-26-17-15-24(28(32)30(26)34)22-12-8-20(9-13-22)19-6-10-21(11-7-19)23-14-16-25(35-4-2)29(33)27(23)31/h6-7,10-11,14-17,20,22H,3-5,8-9,12-13,18H2,1-2H3. The van der Waals surface area contributed by atoms with Crippen molar-refractivity contribution >= 4 is 0 Å². The zero-order chi connectivity index (χ0) is 25.7. The van der Waals surface area contributed by atoms with Gasteiger partial charge in [0.25, 0.3) is 0 Å². The maximum atomic E-state index is 14.8. The average Bonchev–Trinajstić information content (AvgIpc) is 2.90. The molecule has 36 heavy (non-hydrogen) atoms. The van der Waals surface area contributed by atoms with Gasteiger partial charge in [0.05, 0.1) is 13.2 Å². The molecule has 1 fully saturated rings. The third-order valence-corrected chi connectivity index (χ3v) is 7.04. The predicted molar refractivity (Wildman–Crippen MR) is 134 cm³/mol. The van der Waals surface area contributed by atoms with Crippen LogP contribution in [-0.4, -0.2) is 13.2 Å². The largest absolute Gasteiger partial charge is 0.491 e. The van der Waals surface area contributed by atoms with Gasteiger partial charge in [0.2, 0.25) is 11.6 Å². The van der Waals surface area contributed by atoms with E-state index < -0.39 is 23.3 Å². The van der Waals surface area contributed by atoms with E-state index in [9.17, 15) is 17.6 Å². The molecule has 0 N–H and O–H groups in total. The van der Waals surface area contributed by atoms with Gasteiger partial charge in [-0.2, -0.15) is 8.78 Å². The molecule has 0 saturated heterocycles. The van der Waals surface area contributed by atoms with E-state index in [1.54, 1.807) is 25.1 Å². The number of unbranched alkanes of at least 4 members (excludes halogenated alkanes) is 1. The molecule has 1 saturated carbocycles. The molecule has 0 radical (unpaired) electrons. The molecule has 4 rings (SSSR count). The second-order valence-electron chi connectivity index (χ2n) is 9.33. The highest BCUT2D eigenvalue weighted by Gasteiger charge is 2.27. The van der Waals surface area contributed by atoms with E-state index in [1.165, 1.54) is 18.2 Å². The topological polar surface area (TPSA) is 18.5 Å². The Balaban J connectivity index is 1.41. The summed E-state index contributed by atoms with van der Waals surface area (Å²) in [5.74, 6) is -3.50. The van der Waals surface area contributed by atoms with Crippen LogP contribution in [-0.2, 0) is 0 Å². The lowest BCUT2D eigenvalue weighted by Gasteiger charge is -2.29. The van der Waals surface area contributed by atoms with Gasteiger partial charge >= 0.3 is 0 Å². The number of hydrogen-bond acceptors (Lipinski definition) is 2. The van der Waals surface area contributed by atoms with E-state index in [4.69, 9.17) is 9.47 Å².